The summed E-state index contributed by atoms with van der Waals surface area (Å²) in [4.78, 5) is 12.5. The van der Waals surface area contributed by atoms with E-state index in [9.17, 15) is 4.79 Å². The molecule has 0 aliphatic carbocycles. The molecule has 0 fully saturated rings. The second-order valence-corrected chi connectivity index (χ2v) is 5.21. The Labute approximate surface area is 134 Å². The summed E-state index contributed by atoms with van der Waals surface area (Å²) in [5, 5.41) is 0. The quantitative estimate of drug-likeness (QED) is 0.761. The molecule has 2 heterocycles. The van der Waals surface area contributed by atoms with Gasteiger partial charge in [0.2, 0.25) is 0 Å². The molecule has 0 amide bonds. The molecule has 1 aromatic heterocycles. The Morgan fingerprint density at radius 3 is 2.70 bits per heavy atom. The van der Waals surface area contributed by atoms with Gasteiger partial charge in [0.05, 0.1) is 26.0 Å². The minimum Gasteiger partial charge on any atom is -0.497 e. The Balaban J connectivity index is 1.93. The Bertz CT molecular complexity index is 736. The van der Waals surface area contributed by atoms with Crippen molar-refractivity contribution in [2.45, 2.75) is 13.0 Å². The van der Waals surface area contributed by atoms with Crippen LogP contribution in [0.4, 0.5) is 0 Å². The third kappa shape index (κ3) is 3.17. The Morgan fingerprint density at radius 1 is 1.22 bits per heavy atom. The zero-order valence-corrected chi connectivity index (χ0v) is 13.2. The van der Waals surface area contributed by atoms with E-state index in [1.807, 2.05) is 24.3 Å². The predicted molar refractivity (Wildman–Crippen MR) is 84.5 cm³/mol. The number of benzene rings is 1. The number of fused-ring (bicyclic) bond motifs is 1. The maximum absolute atomic E-state index is 12.5. The Hall–Kier alpha value is -2.47. The van der Waals surface area contributed by atoms with Crippen molar-refractivity contribution in [3.63, 3.8) is 0 Å². The van der Waals surface area contributed by atoms with Crippen molar-refractivity contribution in [2.24, 2.45) is 0 Å². The zero-order valence-electron chi connectivity index (χ0n) is 13.2. The molecule has 0 radical (unpaired) electrons. The molecule has 0 saturated carbocycles. The van der Waals surface area contributed by atoms with Crippen LogP contribution in [-0.4, -0.2) is 32.2 Å². The fourth-order valence-corrected chi connectivity index (χ4v) is 2.62. The highest BCUT2D eigenvalue weighted by Crippen LogP contribution is 2.34. The van der Waals surface area contributed by atoms with Crippen LogP contribution in [0.15, 0.2) is 35.1 Å². The third-order valence-corrected chi connectivity index (χ3v) is 3.75. The van der Waals surface area contributed by atoms with Gasteiger partial charge in [-0.05, 0) is 17.7 Å². The number of ether oxygens (including phenoxy) is 4. The van der Waals surface area contributed by atoms with Crippen LogP contribution in [0, 0.1) is 0 Å². The third-order valence-electron chi connectivity index (χ3n) is 3.75. The molecule has 0 bridgehead atoms. The second-order valence-electron chi connectivity index (χ2n) is 5.21. The number of aromatic nitrogens is 1. The first-order valence-electron chi connectivity index (χ1n) is 7.37. The topological polar surface area (TPSA) is 58.9 Å². The van der Waals surface area contributed by atoms with Crippen molar-refractivity contribution in [3.8, 4) is 17.2 Å². The maximum Gasteiger partial charge on any atom is 0.255 e. The molecule has 23 heavy (non-hydrogen) atoms. The molecule has 6 nitrogen and oxygen atoms in total. The summed E-state index contributed by atoms with van der Waals surface area (Å²) in [6.07, 6.45) is 0.685. The molecule has 1 aliphatic heterocycles. The lowest BCUT2D eigenvalue weighted by atomic mass is 10.2. The molecule has 6 heteroatoms. The number of hydrogen-bond acceptors (Lipinski definition) is 5. The standard InChI is InChI=1S/C17H19NO5/c1-20-11-23-15-9-16(19)18(14-7-8-22-17(14)15)10-12-3-5-13(21-2)6-4-12/h3-6,9H,7-8,10-11H2,1-2H3. The molecule has 0 N–H and O–H groups in total. The van der Waals surface area contributed by atoms with Crippen molar-refractivity contribution in [1.29, 1.82) is 0 Å². The van der Waals surface area contributed by atoms with Gasteiger partial charge in [-0.1, -0.05) is 12.1 Å². The summed E-state index contributed by atoms with van der Waals surface area (Å²) < 4.78 is 22.8. The van der Waals surface area contributed by atoms with E-state index < -0.39 is 0 Å². The highest BCUT2D eigenvalue weighted by molar-refractivity contribution is 5.46. The summed E-state index contributed by atoms with van der Waals surface area (Å²) in [7, 11) is 3.16. The molecule has 0 atom stereocenters. The average molecular weight is 317 g/mol. The van der Waals surface area contributed by atoms with Gasteiger partial charge in [-0.3, -0.25) is 4.79 Å². The van der Waals surface area contributed by atoms with Crippen molar-refractivity contribution in [2.75, 3.05) is 27.6 Å². The molecular formula is C17H19NO5. The monoisotopic (exact) mass is 317 g/mol. The summed E-state index contributed by atoms with van der Waals surface area (Å²) in [6.45, 7) is 1.11. The SMILES string of the molecule is COCOc1cc(=O)n(Cc2ccc(OC)cc2)c2c1OCC2. The number of methoxy groups -OCH3 is 2. The van der Waals surface area contributed by atoms with Gasteiger partial charge in [-0.15, -0.1) is 0 Å². The number of hydrogen-bond donors (Lipinski definition) is 0. The van der Waals surface area contributed by atoms with Gasteiger partial charge in [0.25, 0.3) is 5.56 Å². The van der Waals surface area contributed by atoms with Crippen LogP contribution < -0.4 is 19.8 Å². The molecule has 122 valence electrons. The van der Waals surface area contributed by atoms with Crippen LogP contribution in [0.2, 0.25) is 0 Å². The molecule has 3 rings (SSSR count). The number of nitrogens with zero attached hydrogens (tertiary/aromatic N) is 1. The Morgan fingerprint density at radius 2 is 2.00 bits per heavy atom. The van der Waals surface area contributed by atoms with E-state index in [0.717, 1.165) is 17.0 Å². The van der Waals surface area contributed by atoms with Gasteiger partial charge in [0.15, 0.2) is 18.3 Å². The van der Waals surface area contributed by atoms with E-state index in [1.165, 1.54) is 13.2 Å². The van der Waals surface area contributed by atoms with E-state index >= 15 is 0 Å². The fraction of sp³-hybridized carbons (Fsp3) is 0.353. The van der Waals surface area contributed by atoms with Crippen molar-refractivity contribution in [3.05, 3.63) is 51.9 Å². The summed E-state index contributed by atoms with van der Waals surface area (Å²) in [5.74, 6) is 1.86. The van der Waals surface area contributed by atoms with Crippen LogP contribution in [0.3, 0.4) is 0 Å². The van der Waals surface area contributed by atoms with Crippen LogP contribution in [-0.2, 0) is 17.7 Å². The molecule has 1 aliphatic rings. The predicted octanol–water partition coefficient (Wildman–Crippen LogP) is 1.82. The van der Waals surface area contributed by atoms with E-state index in [2.05, 4.69) is 0 Å². The second kappa shape index (κ2) is 6.75. The minimum absolute atomic E-state index is 0.0811. The van der Waals surface area contributed by atoms with Gasteiger partial charge in [0.1, 0.15) is 5.75 Å². The van der Waals surface area contributed by atoms with E-state index in [0.29, 0.717) is 31.1 Å². The number of rotatable bonds is 6. The molecule has 1 aromatic carbocycles. The zero-order chi connectivity index (χ0) is 16.2. The van der Waals surface area contributed by atoms with Gasteiger partial charge in [0, 0.05) is 19.6 Å². The van der Waals surface area contributed by atoms with Gasteiger partial charge < -0.3 is 23.5 Å². The first-order valence-corrected chi connectivity index (χ1v) is 7.37. The largest absolute Gasteiger partial charge is 0.497 e. The molecule has 0 spiro atoms. The summed E-state index contributed by atoms with van der Waals surface area (Å²) in [6, 6.07) is 9.11. The van der Waals surface area contributed by atoms with E-state index in [-0.39, 0.29) is 12.4 Å². The van der Waals surface area contributed by atoms with E-state index in [4.69, 9.17) is 18.9 Å². The highest BCUT2D eigenvalue weighted by atomic mass is 16.7. The van der Waals surface area contributed by atoms with Crippen LogP contribution in [0.1, 0.15) is 11.3 Å². The molecule has 2 aromatic rings. The van der Waals surface area contributed by atoms with Crippen LogP contribution >= 0.6 is 0 Å². The van der Waals surface area contributed by atoms with E-state index in [1.54, 1.807) is 11.7 Å². The first-order chi connectivity index (χ1) is 11.2. The smallest absolute Gasteiger partial charge is 0.255 e. The summed E-state index contributed by atoms with van der Waals surface area (Å²) in [5.41, 5.74) is 1.77. The number of pyridine rings is 1. The van der Waals surface area contributed by atoms with Crippen LogP contribution in [0.5, 0.6) is 17.2 Å². The van der Waals surface area contributed by atoms with Crippen molar-refractivity contribution < 1.29 is 18.9 Å². The normalized spacial score (nSPS) is 12.6. The highest BCUT2D eigenvalue weighted by Gasteiger charge is 2.23. The lowest BCUT2D eigenvalue weighted by molar-refractivity contribution is 0.0488. The van der Waals surface area contributed by atoms with Gasteiger partial charge in [-0.2, -0.15) is 0 Å². The maximum atomic E-state index is 12.5. The first kappa shape index (κ1) is 15.4. The van der Waals surface area contributed by atoms with Gasteiger partial charge in [-0.25, -0.2) is 0 Å². The minimum atomic E-state index is -0.115. The van der Waals surface area contributed by atoms with Gasteiger partial charge >= 0.3 is 0 Å². The van der Waals surface area contributed by atoms with Crippen molar-refractivity contribution in [1.82, 2.24) is 4.57 Å². The van der Waals surface area contributed by atoms with Crippen LogP contribution in [0.25, 0.3) is 0 Å². The molecule has 0 saturated heterocycles. The molecule has 0 unspecified atom stereocenters. The fourth-order valence-electron chi connectivity index (χ4n) is 2.62. The lowest BCUT2D eigenvalue weighted by Crippen LogP contribution is -2.23. The Kier molecular flexibility index (Phi) is 4.52. The average Bonchev–Trinajstić information content (AvgIpc) is 3.06. The van der Waals surface area contributed by atoms with Crippen molar-refractivity contribution >= 4 is 0 Å². The summed E-state index contributed by atoms with van der Waals surface area (Å²) >= 11 is 0. The molecular weight excluding hydrogens is 298 g/mol. The lowest BCUT2D eigenvalue weighted by Gasteiger charge is -2.14.